The zero-order valence-corrected chi connectivity index (χ0v) is 8.23. The first kappa shape index (κ1) is 10.7. The van der Waals surface area contributed by atoms with Crippen LogP contribution in [0.15, 0.2) is 24.4 Å². The summed E-state index contributed by atoms with van der Waals surface area (Å²) in [6, 6.07) is 5.54. The van der Waals surface area contributed by atoms with Crippen LogP contribution in [0.2, 0.25) is 0 Å². The van der Waals surface area contributed by atoms with Gasteiger partial charge in [-0.15, -0.1) is 0 Å². The maximum absolute atomic E-state index is 11.5. The summed E-state index contributed by atoms with van der Waals surface area (Å²) >= 11 is 0. The number of hydrogen-bond donors (Lipinski definition) is 2. The van der Waals surface area contributed by atoms with Gasteiger partial charge in [-0.2, -0.15) is 0 Å². The Morgan fingerprint density at radius 2 is 2.43 bits per heavy atom. The van der Waals surface area contributed by atoms with Crippen molar-refractivity contribution in [1.29, 1.82) is 0 Å². The molecule has 0 aliphatic rings. The van der Waals surface area contributed by atoms with Crippen LogP contribution in [-0.4, -0.2) is 24.0 Å². The number of amides is 1. The maximum Gasteiger partial charge on any atom is 0.228 e. The molecular formula is C10H15N3O. The number of carbonyl (C=O) groups excluding carboxylic acids is 1. The van der Waals surface area contributed by atoms with Crippen molar-refractivity contribution in [1.82, 2.24) is 10.3 Å². The molecule has 1 aromatic heterocycles. The summed E-state index contributed by atoms with van der Waals surface area (Å²) < 4.78 is 0. The third-order valence-electron chi connectivity index (χ3n) is 1.97. The van der Waals surface area contributed by atoms with Crippen LogP contribution in [-0.2, 0) is 4.79 Å². The maximum atomic E-state index is 11.5. The molecule has 1 rings (SSSR count). The van der Waals surface area contributed by atoms with E-state index in [1.165, 1.54) is 0 Å². The van der Waals surface area contributed by atoms with Crippen molar-refractivity contribution in [3.8, 4) is 0 Å². The molecular weight excluding hydrogens is 178 g/mol. The van der Waals surface area contributed by atoms with E-state index < -0.39 is 0 Å². The zero-order valence-electron chi connectivity index (χ0n) is 8.23. The van der Waals surface area contributed by atoms with Gasteiger partial charge in [0, 0.05) is 19.3 Å². The van der Waals surface area contributed by atoms with E-state index in [0.29, 0.717) is 13.1 Å². The van der Waals surface area contributed by atoms with E-state index in [0.717, 1.165) is 5.69 Å². The number of rotatable bonds is 4. The molecule has 4 nitrogen and oxygen atoms in total. The molecule has 0 aromatic carbocycles. The van der Waals surface area contributed by atoms with E-state index in [1.807, 2.05) is 25.1 Å². The monoisotopic (exact) mass is 193 g/mol. The summed E-state index contributed by atoms with van der Waals surface area (Å²) in [6.45, 7) is 2.80. The normalized spacial score (nSPS) is 12.1. The fraction of sp³-hybridized carbons (Fsp3) is 0.400. The molecule has 0 radical (unpaired) electrons. The number of hydrogen-bond acceptors (Lipinski definition) is 3. The van der Waals surface area contributed by atoms with E-state index in [-0.39, 0.29) is 11.8 Å². The summed E-state index contributed by atoms with van der Waals surface area (Å²) in [5, 5.41) is 2.73. The molecule has 0 aliphatic heterocycles. The number of nitrogens with zero attached hydrogens (tertiary/aromatic N) is 1. The molecule has 1 amide bonds. The summed E-state index contributed by atoms with van der Waals surface area (Å²) in [4.78, 5) is 15.6. The molecule has 0 bridgehead atoms. The van der Waals surface area contributed by atoms with E-state index in [9.17, 15) is 4.79 Å². The largest absolute Gasteiger partial charge is 0.354 e. The van der Waals surface area contributed by atoms with Gasteiger partial charge >= 0.3 is 0 Å². The van der Waals surface area contributed by atoms with E-state index in [4.69, 9.17) is 5.73 Å². The van der Waals surface area contributed by atoms with Gasteiger partial charge in [0.1, 0.15) is 0 Å². The summed E-state index contributed by atoms with van der Waals surface area (Å²) in [5.41, 5.74) is 6.06. The molecule has 0 aliphatic carbocycles. The van der Waals surface area contributed by atoms with Gasteiger partial charge in [-0.05, 0) is 19.1 Å². The third kappa shape index (κ3) is 2.81. The molecule has 76 valence electrons. The minimum atomic E-state index is -0.220. The smallest absolute Gasteiger partial charge is 0.228 e. The Labute approximate surface area is 83.5 Å². The number of carbonyl (C=O) groups is 1. The lowest BCUT2D eigenvalue weighted by Gasteiger charge is -2.10. The Bertz CT molecular complexity index is 287. The summed E-state index contributed by atoms with van der Waals surface area (Å²) in [5.74, 6) is -0.253. The van der Waals surface area contributed by atoms with Crippen molar-refractivity contribution < 1.29 is 4.79 Å². The first-order chi connectivity index (χ1) is 6.75. The number of pyridine rings is 1. The Morgan fingerprint density at radius 3 is 3.00 bits per heavy atom. The second kappa shape index (κ2) is 5.34. The van der Waals surface area contributed by atoms with Crippen molar-refractivity contribution in [3.63, 3.8) is 0 Å². The lowest BCUT2D eigenvalue weighted by Crippen LogP contribution is -2.32. The highest BCUT2D eigenvalue weighted by molar-refractivity contribution is 5.82. The van der Waals surface area contributed by atoms with Crippen LogP contribution in [0, 0.1) is 0 Å². The van der Waals surface area contributed by atoms with Crippen LogP contribution in [0.4, 0.5) is 0 Å². The highest BCUT2D eigenvalue weighted by atomic mass is 16.1. The Morgan fingerprint density at radius 1 is 1.64 bits per heavy atom. The third-order valence-corrected chi connectivity index (χ3v) is 1.97. The fourth-order valence-corrected chi connectivity index (χ4v) is 1.11. The van der Waals surface area contributed by atoms with Crippen molar-refractivity contribution >= 4 is 5.91 Å². The van der Waals surface area contributed by atoms with Crippen LogP contribution in [0.5, 0.6) is 0 Å². The zero-order chi connectivity index (χ0) is 10.4. The first-order valence-electron chi connectivity index (χ1n) is 4.64. The standard InChI is InChI=1S/C10H15N3O/c1-8(10(14)13-7-5-11)9-4-2-3-6-12-9/h2-4,6,8H,5,7,11H2,1H3,(H,13,14). The summed E-state index contributed by atoms with van der Waals surface area (Å²) in [6.07, 6.45) is 1.68. The van der Waals surface area contributed by atoms with E-state index >= 15 is 0 Å². The lowest BCUT2D eigenvalue weighted by atomic mass is 10.1. The predicted octanol–water partition coefficient (Wildman–Crippen LogP) is 0.260. The van der Waals surface area contributed by atoms with Gasteiger partial charge in [-0.1, -0.05) is 6.07 Å². The van der Waals surface area contributed by atoms with Crippen molar-refractivity contribution in [2.75, 3.05) is 13.1 Å². The average Bonchev–Trinajstić information content (AvgIpc) is 2.26. The minimum absolute atomic E-state index is 0.0332. The Hall–Kier alpha value is -1.42. The van der Waals surface area contributed by atoms with Gasteiger partial charge in [0.15, 0.2) is 0 Å². The molecule has 1 unspecified atom stereocenters. The highest BCUT2D eigenvalue weighted by Gasteiger charge is 2.14. The molecule has 1 aromatic rings. The van der Waals surface area contributed by atoms with Crippen LogP contribution in [0.3, 0.4) is 0 Å². The molecule has 3 N–H and O–H groups in total. The Kier molecular flexibility index (Phi) is 4.07. The lowest BCUT2D eigenvalue weighted by molar-refractivity contribution is -0.122. The second-order valence-electron chi connectivity index (χ2n) is 3.06. The minimum Gasteiger partial charge on any atom is -0.354 e. The highest BCUT2D eigenvalue weighted by Crippen LogP contribution is 2.10. The van der Waals surface area contributed by atoms with Crippen LogP contribution in [0.1, 0.15) is 18.5 Å². The van der Waals surface area contributed by atoms with E-state index in [2.05, 4.69) is 10.3 Å². The number of nitrogens with one attached hydrogen (secondary N) is 1. The molecule has 0 fully saturated rings. The second-order valence-corrected chi connectivity index (χ2v) is 3.06. The quantitative estimate of drug-likeness (QED) is 0.720. The van der Waals surface area contributed by atoms with Crippen molar-refractivity contribution in [2.24, 2.45) is 5.73 Å². The average molecular weight is 193 g/mol. The van der Waals surface area contributed by atoms with Crippen LogP contribution >= 0.6 is 0 Å². The molecule has 0 saturated carbocycles. The van der Waals surface area contributed by atoms with Gasteiger partial charge in [0.2, 0.25) is 5.91 Å². The topological polar surface area (TPSA) is 68.0 Å². The molecule has 1 heterocycles. The van der Waals surface area contributed by atoms with Crippen molar-refractivity contribution in [3.05, 3.63) is 30.1 Å². The number of aromatic nitrogens is 1. The van der Waals surface area contributed by atoms with Crippen LogP contribution < -0.4 is 11.1 Å². The summed E-state index contributed by atoms with van der Waals surface area (Å²) in [7, 11) is 0. The molecule has 14 heavy (non-hydrogen) atoms. The SMILES string of the molecule is CC(C(=O)NCCN)c1ccccn1. The van der Waals surface area contributed by atoms with Crippen molar-refractivity contribution in [2.45, 2.75) is 12.8 Å². The molecule has 1 atom stereocenters. The van der Waals surface area contributed by atoms with Gasteiger partial charge < -0.3 is 11.1 Å². The van der Waals surface area contributed by atoms with E-state index in [1.54, 1.807) is 6.20 Å². The molecule has 0 saturated heterocycles. The van der Waals surface area contributed by atoms with Gasteiger partial charge in [-0.3, -0.25) is 9.78 Å². The number of nitrogens with two attached hydrogens (primary N) is 1. The molecule has 4 heteroatoms. The Balaban J connectivity index is 2.57. The molecule has 0 spiro atoms. The van der Waals surface area contributed by atoms with Gasteiger partial charge in [0.25, 0.3) is 0 Å². The van der Waals surface area contributed by atoms with Crippen LogP contribution in [0.25, 0.3) is 0 Å². The first-order valence-corrected chi connectivity index (χ1v) is 4.64. The fourth-order valence-electron chi connectivity index (χ4n) is 1.11. The van der Waals surface area contributed by atoms with Gasteiger partial charge in [0.05, 0.1) is 11.6 Å². The van der Waals surface area contributed by atoms with Gasteiger partial charge in [-0.25, -0.2) is 0 Å². The predicted molar refractivity (Wildman–Crippen MR) is 54.7 cm³/mol.